The fraction of sp³-hybridized carbons (Fsp3) is 0.500. The van der Waals surface area contributed by atoms with E-state index in [0.717, 1.165) is 38.8 Å². The van der Waals surface area contributed by atoms with E-state index in [0.29, 0.717) is 17.5 Å². The fourth-order valence-electron chi connectivity index (χ4n) is 2.38. The largest absolute Gasteiger partial charge is 0.339 e. The third kappa shape index (κ3) is 3.43. The molecule has 2 rings (SSSR count). The summed E-state index contributed by atoms with van der Waals surface area (Å²) >= 11 is 0. The second kappa shape index (κ2) is 6.50. The normalized spacial score (nSPS) is 14.7. The van der Waals surface area contributed by atoms with Crippen molar-refractivity contribution in [3.8, 4) is 0 Å². The molecule has 1 aliphatic heterocycles. The molecule has 1 heterocycles. The first-order valence-corrected chi connectivity index (χ1v) is 7.15. The Hall–Kier alpha value is -1.64. The molecule has 0 saturated carbocycles. The predicted octanol–water partition coefficient (Wildman–Crippen LogP) is 3.30. The SMILES string of the molecule is CCCCC(=O)c1ccc(C(=O)N2CCCC2)cc1. The average Bonchev–Trinajstić information content (AvgIpc) is 2.98. The van der Waals surface area contributed by atoms with Gasteiger partial charge in [-0.15, -0.1) is 0 Å². The molecule has 1 saturated heterocycles. The number of nitrogens with zero attached hydrogens (tertiary/aromatic N) is 1. The van der Waals surface area contributed by atoms with Crippen LogP contribution in [-0.4, -0.2) is 29.7 Å². The monoisotopic (exact) mass is 259 g/mol. The van der Waals surface area contributed by atoms with E-state index >= 15 is 0 Å². The molecule has 0 bridgehead atoms. The van der Waals surface area contributed by atoms with Crippen LogP contribution in [0.25, 0.3) is 0 Å². The number of rotatable bonds is 5. The predicted molar refractivity (Wildman–Crippen MR) is 75.4 cm³/mol. The number of carbonyl (C=O) groups is 2. The van der Waals surface area contributed by atoms with Crippen LogP contribution >= 0.6 is 0 Å². The van der Waals surface area contributed by atoms with E-state index in [1.807, 2.05) is 4.90 Å². The van der Waals surface area contributed by atoms with Gasteiger partial charge in [0.05, 0.1) is 0 Å². The molecule has 3 nitrogen and oxygen atoms in total. The Morgan fingerprint density at radius 3 is 2.21 bits per heavy atom. The number of carbonyl (C=O) groups excluding carboxylic acids is 2. The minimum absolute atomic E-state index is 0.0880. The van der Waals surface area contributed by atoms with Crippen molar-refractivity contribution in [2.24, 2.45) is 0 Å². The quantitative estimate of drug-likeness (QED) is 0.761. The third-order valence-corrected chi connectivity index (χ3v) is 3.60. The molecular formula is C16H21NO2. The van der Waals surface area contributed by atoms with Gasteiger partial charge < -0.3 is 4.90 Å². The van der Waals surface area contributed by atoms with Gasteiger partial charge in [-0.3, -0.25) is 9.59 Å². The summed E-state index contributed by atoms with van der Waals surface area (Å²) < 4.78 is 0. The number of ketones is 1. The van der Waals surface area contributed by atoms with Crippen molar-refractivity contribution in [1.82, 2.24) is 4.90 Å². The molecule has 0 unspecified atom stereocenters. The number of Topliss-reactive ketones (excluding diaryl/α,β-unsaturated/α-hetero) is 1. The maximum atomic E-state index is 12.1. The van der Waals surface area contributed by atoms with Crippen LogP contribution in [0.3, 0.4) is 0 Å². The standard InChI is InChI=1S/C16H21NO2/c1-2-3-6-15(18)13-7-9-14(10-8-13)16(19)17-11-4-5-12-17/h7-10H,2-6,11-12H2,1H3. The number of unbranched alkanes of at least 4 members (excludes halogenated alkanes) is 1. The van der Waals surface area contributed by atoms with Crippen LogP contribution in [0.2, 0.25) is 0 Å². The van der Waals surface area contributed by atoms with Crippen LogP contribution in [-0.2, 0) is 0 Å². The molecule has 0 atom stereocenters. The Kier molecular flexibility index (Phi) is 4.72. The molecule has 102 valence electrons. The molecule has 1 amide bonds. The molecule has 1 aromatic carbocycles. The lowest BCUT2D eigenvalue weighted by Gasteiger charge is -2.15. The topological polar surface area (TPSA) is 37.4 Å². The lowest BCUT2D eigenvalue weighted by Crippen LogP contribution is -2.27. The highest BCUT2D eigenvalue weighted by molar-refractivity contribution is 5.98. The summed E-state index contributed by atoms with van der Waals surface area (Å²) in [5.41, 5.74) is 1.40. The van der Waals surface area contributed by atoms with Crippen molar-refractivity contribution in [2.45, 2.75) is 39.0 Å². The van der Waals surface area contributed by atoms with Crippen LogP contribution in [0, 0.1) is 0 Å². The van der Waals surface area contributed by atoms with Gasteiger partial charge in [-0.05, 0) is 31.4 Å². The molecule has 1 aliphatic rings. The number of likely N-dealkylation sites (tertiary alicyclic amines) is 1. The lowest BCUT2D eigenvalue weighted by molar-refractivity contribution is 0.0792. The zero-order valence-electron chi connectivity index (χ0n) is 11.5. The van der Waals surface area contributed by atoms with Gasteiger partial charge in [0, 0.05) is 30.6 Å². The van der Waals surface area contributed by atoms with Gasteiger partial charge >= 0.3 is 0 Å². The van der Waals surface area contributed by atoms with Gasteiger partial charge in [-0.1, -0.05) is 25.5 Å². The smallest absolute Gasteiger partial charge is 0.253 e. The molecule has 3 heteroatoms. The number of benzene rings is 1. The molecule has 0 aromatic heterocycles. The zero-order valence-corrected chi connectivity index (χ0v) is 11.5. The highest BCUT2D eigenvalue weighted by Gasteiger charge is 2.19. The maximum Gasteiger partial charge on any atom is 0.253 e. The van der Waals surface area contributed by atoms with Crippen LogP contribution < -0.4 is 0 Å². The molecule has 0 N–H and O–H groups in total. The van der Waals surface area contributed by atoms with Crippen molar-refractivity contribution in [2.75, 3.05) is 13.1 Å². The van der Waals surface area contributed by atoms with Crippen LogP contribution in [0.1, 0.15) is 59.7 Å². The number of amides is 1. The Morgan fingerprint density at radius 2 is 1.63 bits per heavy atom. The van der Waals surface area contributed by atoms with E-state index in [1.165, 1.54) is 0 Å². The minimum Gasteiger partial charge on any atom is -0.339 e. The van der Waals surface area contributed by atoms with Crippen LogP contribution in [0.15, 0.2) is 24.3 Å². The van der Waals surface area contributed by atoms with Gasteiger partial charge in [0.1, 0.15) is 0 Å². The van der Waals surface area contributed by atoms with Crippen molar-refractivity contribution >= 4 is 11.7 Å². The second-order valence-corrected chi connectivity index (χ2v) is 5.10. The van der Waals surface area contributed by atoms with E-state index in [9.17, 15) is 9.59 Å². The molecule has 0 spiro atoms. The van der Waals surface area contributed by atoms with Crippen LogP contribution in [0.4, 0.5) is 0 Å². The van der Waals surface area contributed by atoms with Gasteiger partial charge in [0.15, 0.2) is 5.78 Å². The second-order valence-electron chi connectivity index (χ2n) is 5.10. The summed E-state index contributed by atoms with van der Waals surface area (Å²) in [4.78, 5) is 25.9. The molecule has 19 heavy (non-hydrogen) atoms. The van der Waals surface area contributed by atoms with E-state index in [2.05, 4.69) is 6.92 Å². The van der Waals surface area contributed by atoms with Gasteiger partial charge in [-0.25, -0.2) is 0 Å². The first-order chi connectivity index (χ1) is 9.22. The summed E-state index contributed by atoms with van der Waals surface area (Å²) in [5.74, 6) is 0.257. The Labute approximate surface area is 114 Å². The molecule has 1 aromatic rings. The lowest BCUT2D eigenvalue weighted by atomic mass is 10.0. The third-order valence-electron chi connectivity index (χ3n) is 3.60. The maximum absolute atomic E-state index is 12.1. The number of hydrogen-bond donors (Lipinski definition) is 0. The average molecular weight is 259 g/mol. The summed E-state index contributed by atoms with van der Waals surface area (Å²) in [6.45, 7) is 3.79. The van der Waals surface area contributed by atoms with Crippen molar-refractivity contribution in [3.05, 3.63) is 35.4 Å². The highest BCUT2D eigenvalue weighted by Crippen LogP contribution is 2.14. The first kappa shape index (κ1) is 13.8. The molecule has 0 radical (unpaired) electrons. The van der Waals surface area contributed by atoms with Crippen molar-refractivity contribution < 1.29 is 9.59 Å². The van der Waals surface area contributed by atoms with Crippen molar-refractivity contribution in [3.63, 3.8) is 0 Å². The highest BCUT2D eigenvalue weighted by atomic mass is 16.2. The Morgan fingerprint density at radius 1 is 1.05 bits per heavy atom. The van der Waals surface area contributed by atoms with E-state index in [-0.39, 0.29) is 11.7 Å². The number of hydrogen-bond acceptors (Lipinski definition) is 2. The van der Waals surface area contributed by atoms with Crippen molar-refractivity contribution in [1.29, 1.82) is 0 Å². The van der Waals surface area contributed by atoms with E-state index in [4.69, 9.17) is 0 Å². The van der Waals surface area contributed by atoms with Gasteiger partial charge in [0.2, 0.25) is 0 Å². The molecule has 1 fully saturated rings. The molecular weight excluding hydrogens is 238 g/mol. The summed E-state index contributed by atoms with van der Waals surface area (Å²) in [5, 5.41) is 0. The van der Waals surface area contributed by atoms with Gasteiger partial charge in [-0.2, -0.15) is 0 Å². The molecule has 0 aliphatic carbocycles. The summed E-state index contributed by atoms with van der Waals surface area (Å²) in [7, 11) is 0. The zero-order chi connectivity index (χ0) is 13.7. The van der Waals surface area contributed by atoms with E-state index < -0.39 is 0 Å². The Bertz CT molecular complexity index is 444. The summed E-state index contributed by atoms with van der Waals surface area (Å²) in [6, 6.07) is 7.11. The first-order valence-electron chi connectivity index (χ1n) is 7.15. The Balaban J connectivity index is 2.01. The minimum atomic E-state index is 0.0880. The van der Waals surface area contributed by atoms with Gasteiger partial charge in [0.25, 0.3) is 5.91 Å². The summed E-state index contributed by atoms with van der Waals surface area (Å²) in [6.07, 6.45) is 4.74. The van der Waals surface area contributed by atoms with Crippen LogP contribution in [0.5, 0.6) is 0 Å². The fourth-order valence-corrected chi connectivity index (χ4v) is 2.38. The van der Waals surface area contributed by atoms with E-state index in [1.54, 1.807) is 24.3 Å².